The van der Waals surface area contributed by atoms with Crippen molar-refractivity contribution in [2.24, 2.45) is 0 Å². The Bertz CT molecular complexity index is 535. The van der Waals surface area contributed by atoms with Gasteiger partial charge in [0.25, 0.3) is 0 Å². The van der Waals surface area contributed by atoms with Gasteiger partial charge in [0.2, 0.25) is 0 Å². The molecule has 3 heteroatoms. The van der Waals surface area contributed by atoms with Crippen LogP contribution in [0.3, 0.4) is 0 Å². The molecule has 0 aliphatic heterocycles. The van der Waals surface area contributed by atoms with Crippen molar-refractivity contribution in [1.29, 1.82) is 0 Å². The van der Waals surface area contributed by atoms with E-state index in [-0.39, 0.29) is 0 Å². The Labute approximate surface area is 151 Å². The first-order valence-electron chi connectivity index (χ1n) is 6.89. The second-order valence-corrected chi connectivity index (χ2v) is 9.68. The second kappa shape index (κ2) is 9.58. The average molecular weight is 438 g/mol. The molecule has 3 aromatic rings. The molecule has 3 aromatic carbocycles. The minimum atomic E-state index is -1.63. The fourth-order valence-electron chi connectivity index (χ4n) is 2.31. The van der Waals surface area contributed by atoms with Gasteiger partial charge >= 0.3 is 152 Å². The molecule has 0 aliphatic rings. The van der Waals surface area contributed by atoms with E-state index >= 15 is 0 Å². The summed E-state index contributed by atoms with van der Waals surface area (Å²) in [5.41, 5.74) is 0. The van der Waals surface area contributed by atoms with E-state index in [0.717, 1.165) is 0 Å². The molecular formula is C18H15GeLiTe. The predicted octanol–water partition coefficient (Wildman–Crippen LogP) is 1.44. The van der Waals surface area contributed by atoms with Gasteiger partial charge in [-0.15, -0.1) is 0 Å². The van der Waals surface area contributed by atoms with Gasteiger partial charge < -0.3 is 0 Å². The maximum absolute atomic E-state index is 2.27. The third-order valence-corrected chi connectivity index (χ3v) is 8.92. The average Bonchev–Trinajstić information content (AvgIpc) is 2.60. The van der Waals surface area contributed by atoms with E-state index < -0.39 is 14.3 Å². The molecule has 0 aromatic heterocycles. The first kappa shape index (κ1) is 17.0. The third-order valence-electron chi connectivity index (χ3n) is 3.19. The molecule has 98 valence electrons. The third kappa shape index (κ3) is 4.79. The Morgan fingerprint density at radius 3 is 0.952 bits per heavy atom. The zero-order chi connectivity index (χ0) is 14.9. The summed E-state index contributed by atoms with van der Waals surface area (Å²) in [5, 5.41) is 0. The van der Waals surface area contributed by atoms with Crippen molar-refractivity contribution in [1.82, 2.24) is 0 Å². The van der Waals surface area contributed by atoms with Crippen molar-refractivity contribution in [3.05, 3.63) is 91.0 Å². The Hall–Kier alpha value is -0.410. The molecule has 0 spiro atoms. The van der Waals surface area contributed by atoms with Crippen LogP contribution in [0.1, 0.15) is 0 Å². The summed E-state index contributed by atoms with van der Waals surface area (Å²) in [6.07, 6.45) is 0. The Kier molecular flexibility index (Phi) is 7.73. The van der Waals surface area contributed by atoms with E-state index in [9.17, 15) is 0 Å². The molecular weight excluding hydrogens is 423 g/mol. The SMILES string of the molecule is [Li][Te].c1cc[c]([Ge]([c]2ccccc2)[c]2ccccc2)cc1. The van der Waals surface area contributed by atoms with Crippen LogP contribution in [0.25, 0.3) is 0 Å². The second-order valence-electron chi connectivity index (χ2n) is 4.47. The van der Waals surface area contributed by atoms with Gasteiger partial charge in [0.15, 0.2) is 0 Å². The maximum atomic E-state index is 2.27. The van der Waals surface area contributed by atoms with Gasteiger partial charge in [0.1, 0.15) is 0 Å². The zero-order valence-corrected chi connectivity index (χ0v) is 16.5. The number of hydrogen-bond donors (Lipinski definition) is 0. The summed E-state index contributed by atoms with van der Waals surface area (Å²) in [5.74, 6) is 0. The van der Waals surface area contributed by atoms with Crippen molar-refractivity contribution in [3.63, 3.8) is 0 Å². The van der Waals surface area contributed by atoms with Crippen LogP contribution in [-0.4, -0.2) is 48.3 Å². The first-order valence-corrected chi connectivity index (χ1v) is 12.4. The summed E-state index contributed by atoms with van der Waals surface area (Å²) in [6, 6.07) is 32.8. The van der Waals surface area contributed by atoms with Crippen LogP contribution < -0.4 is 13.2 Å². The van der Waals surface area contributed by atoms with Crippen LogP contribution in [0.5, 0.6) is 0 Å². The van der Waals surface area contributed by atoms with Crippen molar-refractivity contribution < 1.29 is 0 Å². The van der Waals surface area contributed by atoms with E-state index in [0.29, 0.717) is 0 Å². The van der Waals surface area contributed by atoms with Crippen LogP contribution in [0, 0.1) is 0 Å². The van der Waals surface area contributed by atoms with Gasteiger partial charge in [-0.2, -0.15) is 0 Å². The van der Waals surface area contributed by atoms with Gasteiger partial charge in [0.05, 0.1) is 0 Å². The molecule has 21 heavy (non-hydrogen) atoms. The fourth-order valence-corrected chi connectivity index (χ4v) is 7.72. The minimum absolute atomic E-state index is 1.50. The van der Waals surface area contributed by atoms with Crippen LogP contribution in [0.4, 0.5) is 0 Å². The van der Waals surface area contributed by atoms with E-state index in [1.165, 1.54) is 13.2 Å². The Balaban J connectivity index is 0.000000774. The summed E-state index contributed by atoms with van der Waals surface area (Å²) >= 11 is 2.33. The Morgan fingerprint density at radius 2 is 0.714 bits per heavy atom. The molecule has 0 atom stereocenters. The van der Waals surface area contributed by atoms with Crippen LogP contribution in [0.15, 0.2) is 91.0 Å². The number of rotatable bonds is 3. The number of hydrogen-bond acceptors (Lipinski definition) is 0. The van der Waals surface area contributed by atoms with Gasteiger partial charge in [-0.1, -0.05) is 0 Å². The van der Waals surface area contributed by atoms with Crippen molar-refractivity contribution in [2.45, 2.75) is 0 Å². The van der Waals surface area contributed by atoms with Gasteiger partial charge in [-0.3, -0.25) is 0 Å². The fraction of sp³-hybridized carbons (Fsp3) is 0. The zero-order valence-electron chi connectivity index (χ0n) is 12.1. The first-order chi connectivity index (χ1) is 10.4. The van der Waals surface area contributed by atoms with Crippen LogP contribution in [-0.2, 0) is 0 Å². The van der Waals surface area contributed by atoms with Crippen molar-refractivity contribution >= 4 is 61.5 Å². The summed E-state index contributed by atoms with van der Waals surface area (Å²) < 4.78 is 4.50. The van der Waals surface area contributed by atoms with E-state index in [1.54, 1.807) is 0 Å². The summed E-state index contributed by atoms with van der Waals surface area (Å²) in [4.78, 5) is 0. The summed E-state index contributed by atoms with van der Waals surface area (Å²) in [6.45, 7) is 0. The van der Waals surface area contributed by atoms with Crippen molar-refractivity contribution in [3.8, 4) is 0 Å². The normalized spacial score (nSPS) is 9.90. The molecule has 0 saturated heterocycles. The quantitative estimate of drug-likeness (QED) is 0.543. The molecule has 0 saturated carbocycles. The van der Waals surface area contributed by atoms with Gasteiger partial charge in [-0.25, -0.2) is 0 Å². The molecule has 0 unspecified atom stereocenters. The molecule has 0 nitrogen and oxygen atoms in total. The molecule has 0 amide bonds. The van der Waals surface area contributed by atoms with E-state index in [2.05, 4.69) is 91.0 Å². The standard InChI is InChI=1S/C18H15Ge.Li.Te/c1-4-10-16(11-5-1)19(17-12-6-2-7-13-17)18-14-8-3-9-15-18;;/h1-15H;;. The molecule has 0 bridgehead atoms. The molecule has 3 rings (SSSR count). The molecule has 0 heterocycles. The molecule has 0 N–H and O–H groups in total. The number of benzene rings is 3. The Morgan fingerprint density at radius 1 is 0.476 bits per heavy atom. The molecule has 0 fully saturated rings. The van der Waals surface area contributed by atoms with Gasteiger partial charge in [0, 0.05) is 0 Å². The van der Waals surface area contributed by atoms with Gasteiger partial charge in [-0.05, 0) is 0 Å². The molecule has 2 radical (unpaired) electrons. The van der Waals surface area contributed by atoms with Crippen LogP contribution in [0.2, 0.25) is 0 Å². The van der Waals surface area contributed by atoms with E-state index in [4.69, 9.17) is 0 Å². The van der Waals surface area contributed by atoms with Crippen molar-refractivity contribution in [2.75, 3.05) is 0 Å². The van der Waals surface area contributed by atoms with Crippen LogP contribution >= 0.6 is 0 Å². The monoisotopic (exact) mass is 442 g/mol. The summed E-state index contributed by atoms with van der Waals surface area (Å²) in [7, 11) is 0. The van der Waals surface area contributed by atoms with E-state index in [1.807, 2.05) is 34.0 Å². The predicted molar refractivity (Wildman–Crippen MR) is 95.5 cm³/mol. The molecule has 0 aliphatic carbocycles. The topological polar surface area (TPSA) is 0 Å².